The normalized spacial score (nSPS) is 24.8. The van der Waals surface area contributed by atoms with E-state index in [1.165, 1.54) is 16.4 Å². The molecule has 4 rings (SSSR count). The minimum absolute atomic E-state index is 0.170. The maximum Gasteiger partial charge on any atom is 0.254 e. The number of carbonyl (C=O) groups excluding carboxylic acids is 1. The third kappa shape index (κ3) is 3.68. The van der Waals surface area contributed by atoms with E-state index >= 15 is 0 Å². The van der Waals surface area contributed by atoms with Crippen molar-refractivity contribution in [3.8, 4) is 0 Å². The number of likely N-dealkylation sites (tertiary alicyclic amines) is 1. The van der Waals surface area contributed by atoms with E-state index in [1.54, 1.807) is 4.90 Å². The van der Waals surface area contributed by atoms with Gasteiger partial charge in [-0.1, -0.05) is 0 Å². The largest absolute Gasteiger partial charge is 0.348 e. The van der Waals surface area contributed by atoms with Crippen LogP contribution in [0.4, 0.5) is 4.39 Å². The van der Waals surface area contributed by atoms with Gasteiger partial charge in [0.1, 0.15) is 10.7 Å². The molecule has 0 saturated carbocycles. The number of ether oxygens (including phenoxy) is 2. The van der Waals surface area contributed by atoms with Gasteiger partial charge in [-0.3, -0.25) is 4.79 Å². The van der Waals surface area contributed by atoms with Gasteiger partial charge in [0.15, 0.2) is 6.29 Å². The first-order valence-corrected chi connectivity index (χ1v) is 11.3. The summed E-state index contributed by atoms with van der Waals surface area (Å²) in [7, 11) is -3.95. The molecule has 0 spiro atoms. The van der Waals surface area contributed by atoms with Gasteiger partial charge in [-0.2, -0.15) is 4.31 Å². The van der Waals surface area contributed by atoms with Crippen LogP contribution in [-0.2, 0) is 19.5 Å². The molecule has 0 bridgehead atoms. The molecule has 3 aliphatic rings. The molecular weight excluding hydrogens is 387 g/mol. The van der Waals surface area contributed by atoms with Gasteiger partial charge in [-0.05, 0) is 50.3 Å². The Morgan fingerprint density at radius 1 is 1.04 bits per heavy atom. The van der Waals surface area contributed by atoms with Gasteiger partial charge in [0, 0.05) is 25.2 Å². The highest BCUT2D eigenvalue weighted by Gasteiger charge is 2.37. The molecule has 9 heteroatoms. The quantitative estimate of drug-likeness (QED) is 0.756. The summed E-state index contributed by atoms with van der Waals surface area (Å²) in [6, 6.07) is 3.38. The minimum atomic E-state index is -3.95. The third-order valence-corrected chi connectivity index (χ3v) is 7.55. The van der Waals surface area contributed by atoms with E-state index in [0.29, 0.717) is 32.8 Å². The highest BCUT2D eigenvalue weighted by Crippen LogP contribution is 2.28. The predicted octanol–water partition coefficient (Wildman–Crippen LogP) is 1.98. The summed E-state index contributed by atoms with van der Waals surface area (Å²) in [5, 5.41) is 0. The summed E-state index contributed by atoms with van der Waals surface area (Å²) >= 11 is 0. The predicted molar refractivity (Wildman–Crippen MR) is 98.8 cm³/mol. The van der Waals surface area contributed by atoms with E-state index in [9.17, 15) is 17.6 Å². The number of benzene rings is 1. The van der Waals surface area contributed by atoms with Crippen LogP contribution in [-0.4, -0.2) is 68.7 Å². The molecule has 1 amide bonds. The fourth-order valence-corrected chi connectivity index (χ4v) is 5.77. The molecule has 1 aromatic carbocycles. The van der Waals surface area contributed by atoms with Crippen molar-refractivity contribution >= 4 is 15.9 Å². The number of rotatable bonds is 4. The maximum absolute atomic E-state index is 14.4. The lowest BCUT2D eigenvalue weighted by Gasteiger charge is -2.38. The second-order valence-corrected chi connectivity index (χ2v) is 9.33. The molecule has 1 aromatic rings. The maximum atomic E-state index is 14.4. The number of piperidine rings is 1. The topological polar surface area (TPSA) is 76.2 Å². The van der Waals surface area contributed by atoms with Crippen LogP contribution in [0.3, 0.4) is 0 Å². The Hall–Kier alpha value is -1.55. The Kier molecular flexibility index (Phi) is 5.69. The average Bonchev–Trinajstić information content (AvgIpc) is 3.42. The molecule has 3 heterocycles. The number of halogens is 1. The molecule has 3 aliphatic heterocycles. The summed E-state index contributed by atoms with van der Waals surface area (Å²) in [5.41, 5.74) is 0.170. The summed E-state index contributed by atoms with van der Waals surface area (Å²) < 4.78 is 52.4. The van der Waals surface area contributed by atoms with Crippen LogP contribution in [0.1, 0.15) is 42.5 Å². The Morgan fingerprint density at radius 2 is 1.71 bits per heavy atom. The summed E-state index contributed by atoms with van der Waals surface area (Å²) in [5.74, 6) is -1.15. The molecule has 3 fully saturated rings. The lowest BCUT2D eigenvalue weighted by atomic mass is 10.00. The van der Waals surface area contributed by atoms with Crippen molar-refractivity contribution in [2.45, 2.75) is 49.3 Å². The Labute approximate surface area is 164 Å². The molecule has 0 aromatic heterocycles. The molecule has 154 valence electrons. The van der Waals surface area contributed by atoms with Gasteiger partial charge < -0.3 is 14.4 Å². The Morgan fingerprint density at radius 3 is 2.43 bits per heavy atom. The van der Waals surface area contributed by atoms with Crippen molar-refractivity contribution in [1.82, 2.24) is 9.21 Å². The van der Waals surface area contributed by atoms with E-state index in [4.69, 9.17) is 9.47 Å². The van der Waals surface area contributed by atoms with Crippen molar-refractivity contribution in [1.29, 1.82) is 0 Å². The number of nitrogens with zero attached hydrogens (tertiary/aromatic N) is 2. The van der Waals surface area contributed by atoms with Crippen LogP contribution in [0.15, 0.2) is 23.1 Å². The van der Waals surface area contributed by atoms with Crippen LogP contribution in [0, 0.1) is 5.82 Å². The van der Waals surface area contributed by atoms with Crippen LogP contribution >= 0.6 is 0 Å². The zero-order valence-corrected chi connectivity index (χ0v) is 16.5. The first-order chi connectivity index (χ1) is 13.5. The van der Waals surface area contributed by atoms with Crippen molar-refractivity contribution in [3.05, 3.63) is 29.6 Å². The van der Waals surface area contributed by atoms with Gasteiger partial charge in [-0.25, -0.2) is 12.8 Å². The highest BCUT2D eigenvalue weighted by molar-refractivity contribution is 7.89. The van der Waals surface area contributed by atoms with Crippen molar-refractivity contribution in [2.24, 2.45) is 0 Å². The Balaban J connectivity index is 1.62. The van der Waals surface area contributed by atoms with Crippen molar-refractivity contribution in [3.63, 3.8) is 0 Å². The molecule has 1 atom stereocenters. The standard InChI is InChI=1S/C19H25FN2O5S/c20-15-7-6-14(13-17(15)28(24,25)21-8-3-4-9-21)18(23)22-10-2-1-5-16(22)19-26-11-12-27-19/h6-7,13,16,19H,1-5,8-12H2. The molecule has 3 saturated heterocycles. The minimum Gasteiger partial charge on any atom is -0.348 e. The van der Waals surface area contributed by atoms with Crippen LogP contribution in [0.2, 0.25) is 0 Å². The van der Waals surface area contributed by atoms with E-state index in [-0.39, 0.29) is 17.5 Å². The number of amides is 1. The van der Waals surface area contributed by atoms with Crippen molar-refractivity contribution < 1.29 is 27.1 Å². The molecular formula is C19H25FN2O5S. The van der Waals surface area contributed by atoms with Gasteiger partial charge in [0.25, 0.3) is 5.91 Å². The molecule has 1 unspecified atom stereocenters. The first-order valence-electron chi connectivity index (χ1n) is 9.82. The number of hydrogen-bond donors (Lipinski definition) is 0. The smallest absolute Gasteiger partial charge is 0.254 e. The fourth-order valence-electron chi connectivity index (χ4n) is 4.16. The SMILES string of the molecule is O=C(c1ccc(F)c(S(=O)(=O)N2CCCC2)c1)N1CCCCC1C1OCCO1. The monoisotopic (exact) mass is 412 g/mol. The third-order valence-electron chi connectivity index (χ3n) is 5.63. The van der Waals surface area contributed by atoms with E-state index in [1.807, 2.05) is 0 Å². The summed E-state index contributed by atoms with van der Waals surface area (Å²) in [6.45, 7) is 2.29. The lowest BCUT2D eigenvalue weighted by molar-refractivity contribution is -0.100. The zero-order valence-electron chi connectivity index (χ0n) is 15.7. The first kappa shape index (κ1) is 19.8. The molecule has 0 N–H and O–H groups in total. The van der Waals surface area contributed by atoms with Gasteiger partial charge >= 0.3 is 0 Å². The van der Waals surface area contributed by atoms with Crippen LogP contribution < -0.4 is 0 Å². The van der Waals surface area contributed by atoms with E-state index in [0.717, 1.165) is 38.2 Å². The van der Waals surface area contributed by atoms with E-state index in [2.05, 4.69) is 0 Å². The number of sulfonamides is 1. The van der Waals surface area contributed by atoms with E-state index < -0.39 is 27.0 Å². The second-order valence-electron chi connectivity index (χ2n) is 7.43. The molecule has 0 aliphatic carbocycles. The highest BCUT2D eigenvalue weighted by atomic mass is 32.2. The van der Waals surface area contributed by atoms with Crippen LogP contribution in [0.5, 0.6) is 0 Å². The fraction of sp³-hybridized carbons (Fsp3) is 0.632. The lowest BCUT2D eigenvalue weighted by Crippen LogP contribution is -2.50. The van der Waals surface area contributed by atoms with Crippen LogP contribution in [0.25, 0.3) is 0 Å². The van der Waals surface area contributed by atoms with Gasteiger partial charge in [0.05, 0.1) is 19.3 Å². The number of carbonyl (C=O) groups is 1. The summed E-state index contributed by atoms with van der Waals surface area (Å²) in [4.78, 5) is 14.4. The second kappa shape index (κ2) is 8.06. The zero-order chi connectivity index (χ0) is 19.7. The van der Waals surface area contributed by atoms with Crippen molar-refractivity contribution in [2.75, 3.05) is 32.8 Å². The summed E-state index contributed by atoms with van der Waals surface area (Å²) in [6.07, 6.45) is 3.64. The number of hydrogen-bond acceptors (Lipinski definition) is 5. The molecule has 0 radical (unpaired) electrons. The molecule has 7 nitrogen and oxygen atoms in total. The Bertz CT molecular complexity index is 835. The average molecular weight is 412 g/mol. The molecule has 28 heavy (non-hydrogen) atoms. The van der Waals surface area contributed by atoms with Gasteiger partial charge in [-0.15, -0.1) is 0 Å². The van der Waals surface area contributed by atoms with Gasteiger partial charge in [0.2, 0.25) is 10.0 Å².